The van der Waals surface area contributed by atoms with Gasteiger partial charge in [-0.15, -0.1) is 0 Å². The molecular weight excluding hydrogens is 174 g/mol. The van der Waals surface area contributed by atoms with E-state index in [9.17, 15) is 0 Å². The maximum Gasteiger partial charge on any atom is 0.0524 e. The van der Waals surface area contributed by atoms with E-state index in [4.69, 9.17) is 0 Å². The Morgan fingerprint density at radius 2 is 2.29 bits per heavy atom. The lowest BCUT2D eigenvalue weighted by Crippen LogP contribution is -2.12. The highest BCUT2D eigenvalue weighted by molar-refractivity contribution is 5.22. The minimum Gasteiger partial charge on any atom is -0.319 e. The van der Waals surface area contributed by atoms with Crippen molar-refractivity contribution >= 4 is 0 Å². The van der Waals surface area contributed by atoms with E-state index in [2.05, 4.69) is 15.5 Å². The van der Waals surface area contributed by atoms with Crippen molar-refractivity contribution in [1.82, 2.24) is 15.5 Å². The fourth-order valence-electron chi connectivity index (χ4n) is 2.36. The fourth-order valence-corrected chi connectivity index (χ4v) is 2.36. The summed E-state index contributed by atoms with van der Waals surface area (Å²) in [5, 5.41) is 10.5. The number of hydrogen-bond acceptors (Lipinski definition) is 2. The molecular formula is C11H19N3. The van der Waals surface area contributed by atoms with Crippen LogP contribution in [0.2, 0.25) is 0 Å². The van der Waals surface area contributed by atoms with Gasteiger partial charge in [0.2, 0.25) is 0 Å². The molecule has 3 nitrogen and oxygen atoms in total. The molecule has 0 saturated heterocycles. The van der Waals surface area contributed by atoms with Crippen LogP contribution in [0.3, 0.4) is 0 Å². The minimum atomic E-state index is 0.778. The van der Waals surface area contributed by atoms with Crippen LogP contribution in [0.5, 0.6) is 0 Å². The van der Waals surface area contributed by atoms with Crippen LogP contribution < -0.4 is 5.32 Å². The lowest BCUT2D eigenvalue weighted by Gasteiger charge is -2.09. The molecule has 0 aromatic carbocycles. The van der Waals surface area contributed by atoms with Gasteiger partial charge in [-0.1, -0.05) is 12.8 Å². The van der Waals surface area contributed by atoms with Crippen LogP contribution in [0.25, 0.3) is 0 Å². The smallest absolute Gasteiger partial charge is 0.0524 e. The highest BCUT2D eigenvalue weighted by Gasteiger charge is 2.20. The summed E-state index contributed by atoms with van der Waals surface area (Å²) < 4.78 is 0. The Bertz CT molecular complexity index is 274. The van der Waals surface area contributed by atoms with Gasteiger partial charge in [0.05, 0.1) is 6.20 Å². The number of aromatic amines is 1. The number of nitrogens with one attached hydrogen (secondary N) is 2. The quantitative estimate of drug-likeness (QED) is 0.766. The molecule has 14 heavy (non-hydrogen) atoms. The summed E-state index contributed by atoms with van der Waals surface area (Å²) in [5.41, 5.74) is 2.81. The van der Waals surface area contributed by atoms with Crippen LogP contribution in [0.1, 0.15) is 42.9 Å². The Labute approximate surface area is 85.3 Å². The molecule has 1 heterocycles. The van der Waals surface area contributed by atoms with Gasteiger partial charge in [-0.25, -0.2) is 0 Å². The van der Waals surface area contributed by atoms with Gasteiger partial charge in [-0.05, 0) is 31.4 Å². The average molecular weight is 193 g/mol. The molecule has 2 N–H and O–H groups in total. The van der Waals surface area contributed by atoms with Crippen molar-refractivity contribution < 1.29 is 0 Å². The molecule has 0 aliphatic heterocycles. The van der Waals surface area contributed by atoms with E-state index in [1.807, 2.05) is 13.2 Å². The second-order valence-corrected chi connectivity index (χ2v) is 4.14. The third-order valence-corrected chi connectivity index (χ3v) is 3.17. The van der Waals surface area contributed by atoms with Crippen LogP contribution in [-0.4, -0.2) is 23.8 Å². The molecule has 0 amide bonds. The van der Waals surface area contributed by atoms with Gasteiger partial charge in [-0.2, -0.15) is 5.10 Å². The summed E-state index contributed by atoms with van der Waals surface area (Å²) in [6.45, 7) is 1.03. The standard InChI is InChI=1S/C11H19N3/c1-12-7-6-11-10(8-13-14-11)9-4-2-3-5-9/h8-9,12H,2-7H2,1H3,(H,13,14). The van der Waals surface area contributed by atoms with E-state index in [1.165, 1.54) is 36.9 Å². The van der Waals surface area contributed by atoms with Crippen molar-refractivity contribution in [3.8, 4) is 0 Å². The number of nitrogens with zero attached hydrogens (tertiary/aromatic N) is 1. The van der Waals surface area contributed by atoms with Crippen LogP contribution in [0, 0.1) is 0 Å². The van der Waals surface area contributed by atoms with Crippen molar-refractivity contribution in [1.29, 1.82) is 0 Å². The Hall–Kier alpha value is -0.830. The van der Waals surface area contributed by atoms with Crippen molar-refractivity contribution in [2.75, 3.05) is 13.6 Å². The summed E-state index contributed by atoms with van der Waals surface area (Å²) >= 11 is 0. The molecule has 1 aromatic rings. The normalized spacial score (nSPS) is 17.8. The highest BCUT2D eigenvalue weighted by atomic mass is 15.1. The Morgan fingerprint density at radius 1 is 1.50 bits per heavy atom. The first-order valence-corrected chi connectivity index (χ1v) is 5.58. The molecule has 1 aliphatic carbocycles. The summed E-state index contributed by atoms with van der Waals surface area (Å²) in [5.74, 6) is 0.778. The van der Waals surface area contributed by atoms with Gasteiger partial charge in [0.15, 0.2) is 0 Å². The predicted molar refractivity (Wildman–Crippen MR) is 57.4 cm³/mol. The van der Waals surface area contributed by atoms with Crippen molar-refractivity contribution in [3.63, 3.8) is 0 Å². The number of H-pyrrole nitrogens is 1. The van der Waals surface area contributed by atoms with Gasteiger partial charge in [0.1, 0.15) is 0 Å². The molecule has 1 aromatic heterocycles. The lowest BCUT2D eigenvalue weighted by atomic mass is 9.97. The molecule has 0 atom stereocenters. The van der Waals surface area contributed by atoms with Crippen molar-refractivity contribution in [2.24, 2.45) is 0 Å². The molecule has 1 saturated carbocycles. The molecule has 78 valence electrons. The average Bonchev–Trinajstić information content (AvgIpc) is 2.84. The van der Waals surface area contributed by atoms with Crippen LogP contribution in [-0.2, 0) is 6.42 Å². The zero-order valence-electron chi connectivity index (χ0n) is 8.84. The topological polar surface area (TPSA) is 40.7 Å². The third kappa shape index (κ3) is 1.98. The minimum absolute atomic E-state index is 0.778. The van der Waals surface area contributed by atoms with E-state index in [0.717, 1.165) is 18.9 Å². The van der Waals surface area contributed by atoms with Gasteiger partial charge in [-0.3, -0.25) is 5.10 Å². The van der Waals surface area contributed by atoms with Gasteiger partial charge in [0.25, 0.3) is 0 Å². The lowest BCUT2D eigenvalue weighted by molar-refractivity contribution is 0.699. The van der Waals surface area contributed by atoms with Gasteiger partial charge < -0.3 is 5.32 Å². The Balaban J connectivity index is 2.04. The van der Waals surface area contributed by atoms with Crippen LogP contribution in [0.15, 0.2) is 6.20 Å². The molecule has 0 unspecified atom stereocenters. The SMILES string of the molecule is CNCCc1[nH]ncc1C1CCCC1. The first kappa shape index (κ1) is 9.71. The molecule has 0 spiro atoms. The first-order chi connectivity index (χ1) is 6.92. The first-order valence-electron chi connectivity index (χ1n) is 5.58. The molecule has 0 bridgehead atoms. The number of aromatic nitrogens is 2. The maximum atomic E-state index is 4.17. The predicted octanol–water partition coefficient (Wildman–Crippen LogP) is 1.83. The summed E-state index contributed by atoms with van der Waals surface area (Å²) in [6.07, 6.45) is 8.59. The second-order valence-electron chi connectivity index (χ2n) is 4.14. The molecule has 0 radical (unpaired) electrons. The highest BCUT2D eigenvalue weighted by Crippen LogP contribution is 2.35. The van der Waals surface area contributed by atoms with Gasteiger partial charge >= 0.3 is 0 Å². The number of rotatable bonds is 4. The van der Waals surface area contributed by atoms with Gasteiger partial charge in [0, 0.05) is 18.7 Å². The summed E-state index contributed by atoms with van der Waals surface area (Å²) in [4.78, 5) is 0. The fraction of sp³-hybridized carbons (Fsp3) is 0.727. The van der Waals surface area contributed by atoms with Crippen molar-refractivity contribution in [3.05, 3.63) is 17.5 Å². The van der Waals surface area contributed by atoms with E-state index >= 15 is 0 Å². The summed E-state index contributed by atoms with van der Waals surface area (Å²) in [7, 11) is 1.99. The van der Waals surface area contributed by atoms with Crippen LogP contribution >= 0.6 is 0 Å². The second kappa shape index (κ2) is 4.60. The van der Waals surface area contributed by atoms with E-state index in [0.29, 0.717) is 0 Å². The van der Waals surface area contributed by atoms with E-state index in [-0.39, 0.29) is 0 Å². The zero-order valence-corrected chi connectivity index (χ0v) is 8.84. The third-order valence-electron chi connectivity index (χ3n) is 3.17. The number of likely N-dealkylation sites (N-methyl/N-ethyl adjacent to an activating group) is 1. The van der Waals surface area contributed by atoms with Crippen LogP contribution in [0.4, 0.5) is 0 Å². The zero-order chi connectivity index (χ0) is 9.80. The molecule has 1 aliphatic rings. The van der Waals surface area contributed by atoms with E-state index < -0.39 is 0 Å². The summed E-state index contributed by atoms with van der Waals surface area (Å²) in [6, 6.07) is 0. The largest absolute Gasteiger partial charge is 0.319 e. The molecule has 1 fully saturated rings. The molecule has 2 rings (SSSR count). The van der Waals surface area contributed by atoms with E-state index in [1.54, 1.807) is 0 Å². The maximum absolute atomic E-state index is 4.17. The van der Waals surface area contributed by atoms with Crippen molar-refractivity contribution in [2.45, 2.75) is 38.0 Å². The Kier molecular flexibility index (Phi) is 3.19. The number of hydrogen-bond donors (Lipinski definition) is 2. The Morgan fingerprint density at radius 3 is 3.00 bits per heavy atom. The monoisotopic (exact) mass is 193 g/mol. The molecule has 3 heteroatoms.